The maximum absolute atomic E-state index is 14.1. The molecule has 0 aliphatic carbocycles. The van der Waals surface area contributed by atoms with Crippen molar-refractivity contribution in [1.82, 2.24) is 10.2 Å². The molecular weight excluding hydrogens is 544 g/mol. The molecule has 4 aromatic rings. The Morgan fingerprint density at radius 3 is 1.77 bits per heavy atom. The second-order valence-electron chi connectivity index (χ2n) is 9.92. The van der Waals surface area contributed by atoms with Crippen molar-refractivity contribution in [1.29, 1.82) is 0 Å². The van der Waals surface area contributed by atoms with E-state index in [0.717, 1.165) is 22.3 Å². The minimum absolute atomic E-state index is 0.0788. The van der Waals surface area contributed by atoms with Crippen LogP contribution in [0.2, 0.25) is 0 Å². The van der Waals surface area contributed by atoms with Gasteiger partial charge >= 0.3 is 0 Å². The normalized spacial score (nSPS) is 11.3. The highest BCUT2D eigenvalue weighted by atomic mass is 16.5. The highest BCUT2D eigenvalue weighted by Gasteiger charge is 2.31. The number of nitrogens with zero attached hydrogens (tertiary/aromatic N) is 1. The van der Waals surface area contributed by atoms with Crippen LogP contribution in [-0.4, -0.2) is 51.7 Å². The van der Waals surface area contributed by atoms with E-state index in [4.69, 9.17) is 18.9 Å². The van der Waals surface area contributed by atoms with E-state index in [9.17, 15) is 9.59 Å². The summed E-state index contributed by atoms with van der Waals surface area (Å²) < 4.78 is 21.6. The summed E-state index contributed by atoms with van der Waals surface area (Å²) in [5.74, 6) is 1.93. The first kappa shape index (κ1) is 31.0. The van der Waals surface area contributed by atoms with Gasteiger partial charge in [-0.2, -0.15) is 0 Å². The summed E-state index contributed by atoms with van der Waals surface area (Å²) in [6, 6.07) is 29.3. The van der Waals surface area contributed by atoms with Crippen molar-refractivity contribution in [2.45, 2.75) is 25.4 Å². The summed E-state index contributed by atoms with van der Waals surface area (Å²) in [7, 11) is 6.31. The van der Waals surface area contributed by atoms with Gasteiger partial charge in [0.2, 0.25) is 11.8 Å². The molecule has 0 aliphatic rings. The third-order valence-corrected chi connectivity index (χ3v) is 7.16. The van der Waals surface area contributed by atoms with Crippen LogP contribution in [0.4, 0.5) is 0 Å². The van der Waals surface area contributed by atoms with Crippen LogP contribution in [-0.2, 0) is 29.0 Å². The van der Waals surface area contributed by atoms with Crippen LogP contribution >= 0.6 is 0 Å². The summed E-state index contributed by atoms with van der Waals surface area (Å²) in [5.41, 5.74) is 3.38. The predicted octanol–water partition coefficient (Wildman–Crippen LogP) is 5.39. The van der Waals surface area contributed by atoms with E-state index < -0.39 is 6.04 Å². The van der Waals surface area contributed by atoms with Gasteiger partial charge in [0.05, 0.1) is 34.9 Å². The molecule has 0 heterocycles. The minimum Gasteiger partial charge on any atom is -0.493 e. The number of carbonyl (C=O) groups is 2. The fraction of sp³-hybridized carbons (Fsp3) is 0.257. The maximum Gasteiger partial charge on any atom is 0.247 e. The molecule has 224 valence electrons. The lowest BCUT2D eigenvalue weighted by Crippen LogP contribution is -2.44. The van der Waals surface area contributed by atoms with Gasteiger partial charge in [-0.25, -0.2) is 0 Å². The zero-order valence-corrected chi connectivity index (χ0v) is 25.0. The first-order valence-electron chi connectivity index (χ1n) is 14.0. The standard InChI is InChI=1S/C35H38N2O6/c1-40-29-17-15-25(21-31(29)42-3)19-20-36-35(39)34(28-13-9-6-10-14-28)37(24-26-11-7-5-8-12-26)33(38)23-27-16-18-30(41-2)32(22-27)43-4/h5-18,21-22,34H,19-20,23-24H2,1-4H3,(H,36,39). The van der Waals surface area contributed by atoms with Crippen molar-refractivity contribution >= 4 is 11.8 Å². The minimum atomic E-state index is -0.848. The number of rotatable bonds is 14. The Kier molecular flexibility index (Phi) is 11.0. The van der Waals surface area contributed by atoms with E-state index in [-0.39, 0.29) is 24.8 Å². The van der Waals surface area contributed by atoms with Crippen LogP contribution in [0.1, 0.15) is 28.3 Å². The quantitative estimate of drug-likeness (QED) is 0.215. The molecule has 1 atom stereocenters. The number of carbonyl (C=O) groups excluding carboxylic acids is 2. The van der Waals surface area contributed by atoms with Crippen molar-refractivity contribution in [2.75, 3.05) is 35.0 Å². The molecule has 0 saturated carbocycles. The van der Waals surface area contributed by atoms with Gasteiger partial charge in [-0.05, 0) is 52.9 Å². The van der Waals surface area contributed by atoms with Gasteiger partial charge < -0.3 is 29.2 Å². The number of hydrogen-bond acceptors (Lipinski definition) is 6. The van der Waals surface area contributed by atoms with E-state index in [1.165, 1.54) is 0 Å². The summed E-state index contributed by atoms with van der Waals surface area (Å²) in [4.78, 5) is 29.7. The third-order valence-electron chi connectivity index (χ3n) is 7.16. The largest absolute Gasteiger partial charge is 0.493 e. The van der Waals surface area contributed by atoms with Gasteiger partial charge in [-0.15, -0.1) is 0 Å². The van der Waals surface area contributed by atoms with Gasteiger partial charge in [-0.3, -0.25) is 9.59 Å². The molecule has 0 saturated heterocycles. The fourth-order valence-electron chi connectivity index (χ4n) is 4.94. The summed E-state index contributed by atoms with van der Waals surface area (Å²) in [6.45, 7) is 0.635. The Bertz CT molecular complexity index is 1490. The zero-order chi connectivity index (χ0) is 30.6. The van der Waals surface area contributed by atoms with Crippen LogP contribution in [0.15, 0.2) is 97.1 Å². The molecule has 4 aromatic carbocycles. The van der Waals surface area contributed by atoms with E-state index in [1.807, 2.05) is 84.9 Å². The molecule has 0 aliphatic heterocycles. The molecule has 0 fully saturated rings. The van der Waals surface area contributed by atoms with Crippen molar-refractivity contribution in [3.05, 3.63) is 119 Å². The molecular formula is C35H38N2O6. The first-order chi connectivity index (χ1) is 21.0. The van der Waals surface area contributed by atoms with Crippen LogP contribution in [0.3, 0.4) is 0 Å². The van der Waals surface area contributed by atoms with E-state index in [1.54, 1.807) is 45.5 Å². The molecule has 4 rings (SSSR count). The SMILES string of the molecule is COc1ccc(CCNC(=O)C(c2ccccc2)N(Cc2ccccc2)C(=O)Cc2ccc(OC)c(OC)c2)cc1OC. The Morgan fingerprint density at radius 1 is 0.651 bits per heavy atom. The summed E-state index contributed by atoms with van der Waals surface area (Å²) in [6.07, 6.45) is 0.654. The van der Waals surface area contributed by atoms with Gasteiger partial charge in [0.1, 0.15) is 6.04 Å². The van der Waals surface area contributed by atoms with Crippen LogP contribution in [0, 0.1) is 0 Å². The Morgan fingerprint density at radius 2 is 1.19 bits per heavy atom. The molecule has 0 bridgehead atoms. The Hall–Kier alpha value is -4.98. The summed E-state index contributed by atoms with van der Waals surface area (Å²) >= 11 is 0. The van der Waals surface area contributed by atoms with Gasteiger partial charge in [0, 0.05) is 13.1 Å². The molecule has 2 amide bonds. The van der Waals surface area contributed by atoms with E-state index in [0.29, 0.717) is 36.0 Å². The predicted molar refractivity (Wildman–Crippen MR) is 166 cm³/mol. The monoisotopic (exact) mass is 582 g/mol. The van der Waals surface area contributed by atoms with Crippen LogP contribution in [0.5, 0.6) is 23.0 Å². The maximum atomic E-state index is 14.1. The number of nitrogens with one attached hydrogen (secondary N) is 1. The second-order valence-corrected chi connectivity index (χ2v) is 9.92. The second kappa shape index (κ2) is 15.3. The van der Waals surface area contributed by atoms with E-state index in [2.05, 4.69) is 5.32 Å². The van der Waals surface area contributed by atoms with E-state index >= 15 is 0 Å². The van der Waals surface area contributed by atoms with Crippen molar-refractivity contribution < 1.29 is 28.5 Å². The highest BCUT2D eigenvalue weighted by molar-refractivity contribution is 5.89. The third kappa shape index (κ3) is 8.07. The lowest BCUT2D eigenvalue weighted by molar-refractivity contribution is -0.141. The molecule has 1 N–H and O–H groups in total. The molecule has 8 nitrogen and oxygen atoms in total. The van der Waals surface area contributed by atoms with Crippen molar-refractivity contribution in [3.8, 4) is 23.0 Å². The first-order valence-corrected chi connectivity index (χ1v) is 14.0. The smallest absolute Gasteiger partial charge is 0.247 e. The molecule has 43 heavy (non-hydrogen) atoms. The molecule has 0 radical (unpaired) electrons. The topological polar surface area (TPSA) is 86.3 Å². The number of hydrogen-bond donors (Lipinski definition) is 1. The van der Waals surface area contributed by atoms with Crippen molar-refractivity contribution in [3.63, 3.8) is 0 Å². The lowest BCUT2D eigenvalue weighted by Gasteiger charge is -2.32. The van der Waals surface area contributed by atoms with Crippen molar-refractivity contribution in [2.24, 2.45) is 0 Å². The fourth-order valence-corrected chi connectivity index (χ4v) is 4.94. The average molecular weight is 583 g/mol. The number of methoxy groups -OCH3 is 4. The number of amides is 2. The van der Waals surface area contributed by atoms with Crippen LogP contribution in [0.25, 0.3) is 0 Å². The lowest BCUT2D eigenvalue weighted by atomic mass is 10.0. The van der Waals surface area contributed by atoms with Gasteiger partial charge in [-0.1, -0.05) is 72.8 Å². The number of ether oxygens (including phenoxy) is 4. The van der Waals surface area contributed by atoms with Gasteiger partial charge in [0.25, 0.3) is 0 Å². The average Bonchev–Trinajstić information content (AvgIpc) is 3.05. The van der Waals surface area contributed by atoms with Crippen LogP contribution < -0.4 is 24.3 Å². The molecule has 1 unspecified atom stereocenters. The molecule has 0 spiro atoms. The molecule has 0 aromatic heterocycles. The van der Waals surface area contributed by atoms with Gasteiger partial charge in [0.15, 0.2) is 23.0 Å². The Labute approximate surface area is 253 Å². The molecule has 8 heteroatoms. The Balaban J connectivity index is 1.61. The zero-order valence-electron chi connectivity index (χ0n) is 25.0. The number of benzene rings is 4. The highest BCUT2D eigenvalue weighted by Crippen LogP contribution is 2.30. The summed E-state index contributed by atoms with van der Waals surface area (Å²) in [5, 5.41) is 3.07.